The van der Waals surface area contributed by atoms with Gasteiger partial charge in [0.2, 0.25) is 5.91 Å². The summed E-state index contributed by atoms with van der Waals surface area (Å²) in [6.45, 7) is 2.38. The number of amides is 1. The molecule has 1 saturated carbocycles. The highest BCUT2D eigenvalue weighted by Gasteiger charge is 2.24. The van der Waals surface area contributed by atoms with Crippen LogP contribution in [0.5, 0.6) is 0 Å². The van der Waals surface area contributed by atoms with Crippen molar-refractivity contribution in [1.82, 2.24) is 25.3 Å². The van der Waals surface area contributed by atoms with Gasteiger partial charge < -0.3 is 15.5 Å². The largest absolute Gasteiger partial charge is 0.367 e. The SMILES string of the molecule is O=C(CCC1CCCN(c2cc(NC3CC3)ncn2)C1)NCc1cnccn1. The zero-order chi connectivity index (χ0) is 19.2. The average Bonchev–Trinajstić information content (AvgIpc) is 3.56. The lowest BCUT2D eigenvalue weighted by molar-refractivity contribution is -0.121. The van der Waals surface area contributed by atoms with E-state index in [1.165, 1.54) is 12.8 Å². The van der Waals surface area contributed by atoms with Crippen molar-refractivity contribution >= 4 is 17.5 Å². The third kappa shape index (κ3) is 5.37. The van der Waals surface area contributed by atoms with E-state index < -0.39 is 0 Å². The first kappa shape index (κ1) is 18.6. The molecule has 1 unspecified atom stereocenters. The molecule has 1 atom stereocenters. The van der Waals surface area contributed by atoms with Crippen LogP contribution in [0.1, 0.15) is 44.2 Å². The van der Waals surface area contributed by atoms with Crippen molar-refractivity contribution in [2.75, 3.05) is 23.3 Å². The van der Waals surface area contributed by atoms with Gasteiger partial charge in [-0.25, -0.2) is 9.97 Å². The number of aromatic nitrogens is 4. The maximum Gasteiger partial charge on any atom is 0.220 e. The van der Waals surface area contributed by atoms with Crippen LogP contribution in [0.4, 0.5) is 11.6 Å². The normalized spacial score (nSPS) is 19.3. The number of carbonyl (C=O) groups excluding carboxylic acids is 1. The summed E-state index contributed by atoms with van der Waals surface area (Å²) in [5, 5.41) is 6.36. The number of anilines is 2. The Morgan fingerprint density at radius 3 is 2.93 bits per heavy atom. The van der Waals surface area contributed by atoms with E-state index in [-0.39, 0.29) is 5.91 Å². The molecule has 2 aliphatic rings. The molecule has 1 amide bonds. The second-order valence-electron chi connectivity index (χ2n) is 7.65. The van der Waals surface area contributed by atoms with Gasteiger partial charge in [0.25, 0.3) is 0 Å². The summed E-state index contributed by atoms with van der Waals surface area (Å²) in [5.41, 5.74) is 0.777. The second-order valence-corrected chi connectivity index (χ2v) is 7.65. The molecule has 8 heteroatoms. The van der Waals surface area contributed by atoms with Crippen LogP contribution in [0.15, 0.2) is 31.0 Å². The van der Waals surface area contributed by atoms with E-state index in [2.05, 4.69) is 35.5 Å². The minimum atomic E-state index is 0.0701. The first-order chi connectivity index (χ1) is 13.8. The Labute approximate surface area is 165 Å². The van der Waals surface area contributed by atoms with E-state index in [1.54, 1.807) is 24.9 Å². The fourth-order valence-electron chi connectivity index (χ4n) is 3.58. The van der Waals surface area contributed by atoms with Crippen LogP contribution in [0.2, 0.25) is 0 Å². The van der Waals surface area contributed by atoms with Gasteiger partial charge in [-0.15, -0.1) is 0 Å². The lowest BCUT2D eigenvalue weighted by atomic mass is 9.93. The lowest BCUT2D eigenvalue weighted by Gasteiger charge is -2.33. The quantitative estimate of drug-likeness (QED) is 0.723. The molecule has 1 aliphatic heterocycles. The van der Waals surface area contributed by atoms with Gasteiger partial charge in [-0.3, -0.25) is 14.8 Å². The summed E-state index contributed by atoms with van der Waals surface area (Å²) in [6.07, 6.45) is 12.7. The number of nitrogens with one attached hydrogen (secondary N) is 2. The lowest BCUT2D eigenvalue weighted by Crippen LogP contribution is -2.36. The van der Waals surface area contributed by atoms with E-state index in [0.717, 1.165) is 49.7 Å². The molecule has 0 aromatic carbocycles. The van der Waals surface area contributed by atoms with Gasteiger partial charge >= 0.3 is 0 Å². The molecule has 4 rings (SSSR count). The Morgan fingerprint density at radius 2 is 2.11 bits per heavy atom. The molecular formula is C20H27N7O. The van der Waals surface area contributed by atoms with Gasteiger partial charge in [0.05, 0.1) is 18.4 Å². The van der Waals surface area contributed by atoms with Crippen LogP contribution in [0.3, 0.4) is 0 Å². The molecule has 1 saturated heterocycles. The minimum absolute atomic E-state index is 0.0701. The molecular weight excluding hydrogens is 354 g/mol. The topological polar surface area (TPSA) is 95.9 Å². The Kier molecular flexibility index (Phi) is 5.94. The maximum absolute atomic E-state index is 12.2. The standard InChI is InChI=1S/C20H27N7O/c28-20(23-12-17-11-21-7-8-22-17)6-3-15-2-1-9-27(13-15)19-10-18(24-14-25-19)26-16-4-5-16/h7-8,10-11,14-16H,1-6,9,12-13H2,(H,23,28)(H,24,25,26). The molecule has 148 valence electrons. The third-order valence-electron chi connectivity index (χ3n) is 5.29. The summed E-state index contributed by atoms with van der Waals surface area (Å²) in [4.78, 5) is 31.5. The van der Waals surface area contributed by atoms with E-state index in [1.807, 2.05) is 6.07 Å². The van der Waals surface area contributed by atoms with Crippen LogP contribution in [0, 0.1) is 5.92 Å². The van der Waals surface area contributed by atoms with Crippen molar-refractivity contribution in [3.05, 3.63) is 36.7 Å². The fourth-order valence-corrected chi connectivity index (χ4v) is 3.58. The Hall–Kier alpha value is -2.77. The van der Waals surface area contributed by atoms with Gasteiger partial charge in [0, 0.05) is 44.0 Å². The summed E-state index contributed by atoms with van der Waals surface area (Å²) in [7, 11) is 0. The Bertz CT molecular complexity index is 781. The second kappa shape index (κ2) is 8.95. The van der Waals surface area contributed by atoms with Crippen molar-refractivity contribution in [2.24, 2.45) is 5.92 Å². The number of hydrogen-bond donors (Lipinski definition) is 2. The number of hydrogen-bond acceptors (Lipinski definition) is 7. The molecule has 28 heavy (non-hydrogen) atoms. The molecule has 3 heterocycles. The van der Waals surface area contributed by atoms with Crippen LogP contribution in [-0.4, -0.2) is 45.0 Å². The van der Waals surface area contributed by atoms with Crippen LogP contribution >= 0.6 is 0 Å². The molecule has 2 fully saturated rings. The van der Waals surface area contributed by atoms with Crippen LogP contribution in [-0.2, 0) is 11.3 Å². The first-order valence-corrected chi connectivity index (χ1v) is 10.1. The van der Waals surface area contributed by atoms with Crippen LogP contribution in [0.25, 0.3) is 0 Å². The highest BCUT2D eigenvalue weighted by atomic mass is 16.1. The van der Waals surface area contributed by atoms with Crippen molar-refractivity contribution in [3.63, 3.8) is 0 Å². The third-order valence-corrected chi connectivity index (χ3v) is 5.29. The summed E-state index contributed by atoms with van der Waals surface area (Å²) in [5.74, 6) is 2.47. The number of nitrogens with zero attached hydrogens (tertiary/aromatic N) is 5. The molecule has 8 nitrogen and oxygen atoms in total. The van der Waals surface area contributed by atoms with E-state index in [9.17, 15) is 4.79 Å². The monoisotopic (exact) mass is 381 g/mol. The van der Waals surface area contributed by atoms with Crippen molar-refractivity contribution in [2.45, 2.75) is 51.1 Å². The molecule has 2 aromatic heterocycles. The molecule has 1 aliphatic carbocycles. The van der Waals surface area contributed by atoms with E-state index >= 15 is 0 Å². The fraction of sp³-hybridized carbons (Fsp3) is 0.550. The highest BCUT2D eigenvalue weighted by molar-refractivity contribution is 5.75. The molecule has 0 bridgehead atoms. The zero-order valence-electron chi connectivity index (χ0n) is 16.0. The molecule has 0 radical (unpaired) electrons. The molecule has 2 aromatic rings. The predicted molar refractivity (Wildman–Crippen MR) is 107 cm³/mol. The highest BCUT2D eigenvalue weighted by Crippen LogP contribution is 2.27. The van der Waals surface area contributed by atoms with E-state index in [4.69, 9.17) is 0 Å². The van der Waals surface area contributed by atoms with Gasteiger partial charge in [-0.2, -0.15) is 0 Å². The van der Waals surface area contributed by atoms with Gasteiger partial charge in [0.1, 0.15) is 18.0 Å². The van der Waals surface area contributed by atoms with Gasteiger partial charge in [0.15, 0.2) is 0 Å². The average molecular weight is 381 g/mol. The van der Waals surface area contributed by atoms with Crippen molar-refractivity contribution < 1.29 is 4.79 Å². The Morgan fingerprint density at radius 1 is 1.18 bits per heavy atom. The predicted octanol–water partition coefficient (Wildman–Crippen LogP) is 2.15. The van der Waals surface area contributed by atoms with Gasteiger partial charge in [-0.1, -0.05) is 0 Å². The van der Waals surface area contributed by atoms with Gasteiger partial charge in [-0.05, 0) is 38.0 Å². The summed E-state index contributed by atoms with van der Waals surface area (Å²) in [6, 6.07) is 2.63. The van der Waals surface area contributed by atoms with E-state index in [0.29, 0.717) is 24.9 Å². The van der Waals surface area contributed by atoms with Crippen LogP contribution < -0.4 is 15.5 Å². The summed E-state index contributed by atoms with van der Waals surface area (Å²) >= 11 is 0. The molecule has 0 spiro atoms. The zero-order valence-corrected chi connectivity index (χ0v) is 16.0. The maximum atomic E-state index is 12.2. The minimum Gasteiger partial charge on any atom is -0.367 e. The van der Waals surface area contributed by atoms with Crippen molar-refractivity contribution in [1.29, 1.82) is 0 Å². The number of piperidine rings is 1. The summed E-state index contributed by atoms with van der Waals surface area (Å²) < 4.78 is 0. The first-order valence-electron chi connectivity index (χ1n) is 10.1. The smallest absolute Gasteiger partial charge is 0.220 e. The number of carbonyl (C=O) groups is 1. The van der Waals surface area contributed by atoms with Crippen molar-refractivity contribution in [3.8, 4) is 0 Å². The Balaban J connectivity index is 1.24. The molecule has 2 N–H and O–H groups in total. The number of rotatable bonds is 8.